The summed E-state index contributed by atoms with van der Waals surface area (Å²) in [5.74, 6) is -1.64. The van der Waals surface area contributed by atoms with Crippen LogP contribution >= 0.6 is 7.82 Å². The molecule has 0 bridgehead atoms. The topological polar surface area (TPSA) is 227 Å². The molecule has 0 aromatic heterocycles. The van der Waals surface area contributed by atoms with Gasteiger partial charge in [-0.2, -0.15) is 0 Å². The monoisotopic (exact) mass is 921 g/mol. The van der Waals surface area contributed by atoms with Crippen molar-refractivity contribution in [1.82, 2.24) is 0 Å². The molecule has 1 saturated carbocycles. The molecule has 0 aromatic rings. The summed E-state index contributed by atoms with van der Waals surface area (Å²) in [7, 11) is -5.20. The molecule has 0 amide bonds. The van der Waals surface area contributed by atoms with E-state index in [1.165, 1.54) is 44.6 Å². The van der Waals surface area contributed by atoms with Crippen LogP contribution in [0.15, 0.2) is 97.2 Å². The average Bonchev–Trinajstić information content (AvgIpc) is 3.27. The fourth-order valence-corrected chi connectivity index (χ4v) is 7.09. The van der Waals surface area contributed by atoms with Gasteiger partial charge in [0.2, 0.25) is 0 Å². The van der Waals surface area contributed by atoms with E-state index in [4.69, 9.17) is 18.5 Å². The molecular weight excluding hydrogens is 843 g/mol. The van der Waals surface area contributed by atoms with Gasteiger partial charge in [0.25, 0.3) is 0 Å². The number of ketones is 1. The molecule has 1 aliphatic rings. The fourth-order valence-electron chi connectivity index (χ4n) is 6.11. The van der Waals surface area contributed by atoms with Crippen LogP contribution in [0.5, 0.6) is 0 Å². The zero-order chi connectivity index (χ0) is 47.3. The Hall–Kier alpha value is -3.56. The quantitative estimate of drug-likeness (QED) is 0.00870. The van der Waals surface area contributed by atoms with E-state index in [9.17, 15) is 49.4 Å². The van der Waals surface area contributed by atoms with Crippen molar-refractivity contribution >= 4 is 25.5 Å². The highest BCUT2D eigenvalue weighted by Crippen LogP contribution is 2.47. The first-order chi connectivity index (χ1) is 30.8. The molecule has 6 N–H and O–H groups in total. The zero-order valence-corrected chi connectivity index (χ0v) is 38.9. The van der Waals surface area contributed by atoms with Gasteiger partial charge in [0.1, 0.15) is 43.2 Å². The summed E-state index contributed by atoms with van der Waals surface area (Å²) in [6, 6.07) is 0. The second kappa shape index (κ2) is 37.6. The van der Waals surface area contributed by atoms with Crippen LogP contribution in [0, 0.1) is 0 Å². The number of aliphatic hydroxyl groups is 5. The van der Waals surface area contributed by atoms with Gasteiger partial charge in [-0.15, -0.1) is 0 Å². The predicted octanol–water partition coefficient (Wildman–Crippen LogP) is 8.23. The first-order valence-electron chi connectivity index (χ1n) is 23.0. The van der Waals surface area contributed by atoms with Crippen molar-refractivity contribution < 1.29 is 67.9 Å². The number of carbonyl (C=O) groups excluding carboxylic acids is 3. The summed E-state index contributed by atoms with van der Waals surface area (Å²) < 4.78 is 33.2. The fraction of sp³-hybridized carbons (Fsp3) is 0.612. The molecule has 1 rings (SSSR count). The van der Waals surface area contributed by atoms with Crippen molar-refractivity contribution in [2.45, 2.75) is 179 Å². The maximum absolute atomic E-state index is 12.8. The molecule has 15 heteroatoms. The Labute approximate surface area is 381 Å². The standard InChI is InChI=1S/C49H77O14P/c1-3-5-7-9-11-13-15-17-18-19-20-22-24-26-28-30-32-36-42(51)60-38-41(39-61-64(58,59)63-49-47(56)45(54)44(53)46(55)48(49)57)62-43(52)37-33-35-40(50)34-31-29-27-25-23-21-16-14-12-10-8-6-4-2/h11-14,17-18,20-23,26-29,31,34,41,44-49,53-57H,3-10,15-16,19,24-25,30,32-33,35-39H2,1-2H3,(H,58,59)/b13-11-,14-12-,18-17-,22-20-,23-21-,28-26-,29-27-,34-31+/t41-,44?,45-,46+,47-,48-,49?/m1/s1. The van der Waals surface area contributed by atoms with Crippen molar-refractivity contribution in [3.8, 4) is 0 Å². The third-order valence-corrected chi connectivity index (χ3v) is 10.9. The number of hydrogen-bond donors (Lipinski definition) is 6. The van der Waals surface area contributed by atoms with Gasteiger partial charge in [-0.1, -0.05) is 131 Å². The summed E-state index contributed by atoms with van der Waals surface area (Å²) >= 11 is 0. The highest BCUT2D eigenvalue weighted by atomic mass is 31.2. The third-order valence-electron chi connectivity index (χ3n) is 9.87. The Kier molecular flexibility index (Phi) is 34.4. The molecule has 1 fully saturated rings. The summed E-state index contributed by atoms with van der Waals surface area (Å²) in [4.78, 5) is 48.0. The largest absolute Gasteiger partial charge is 0.472 e. The van der Waals surface area contributed by atoms with Gasteiger partial charge in [0, 0.05) is 19.3 Å². The number of ether oxygens (including phenoxy) is 2. The van der Waals surface area contributed by atoms with E-state index in [1.807, 2.05) is 24.3 Å². The van der Waals surface area contributed by atoms with Gasteiger partial charge in [-0.05, 0) is 83.1 Å². The van der Waals surface area contributed by atoms with Crippen LogP contribution in [0.2, 0.25) is 0 Å². The van der Waals surface area contributed by atoms with Crippen molar-refractivity contribution in [3.63, 3.8) is 0 Å². The van der Waals surface area contributed by atoms with Crippen LogP contribution in [0.3, 0.4) is 0 Å². The number of esters is 2. The lowest BCUT2D eigenvalue weighted by atomic mass is 9.85. The van der Waals surface area contributed by atoms with Crippen molar-refractivity contribution in [2.24, 2.45) is 0 Å². The Balaban J connectivity index is 2.61. The Bertz CT molecular complexity index is 1550. The van der Waals surface area contributed by atoms with Crippen LogP contribution in [0.25, 0.3) is 0 Å². The Morgan fingerprint density at radius 1 is 0.531 bits per heavy atom. The first-order valence-corrected chi connectivity index (χ1v) is 24.5. The van der Waals surface area contributed by atoms with Crippen LogP contribution in [-0.2, 0) is 37.5 Å². The normalized spacial score (nSPS) is 22.4. The smallest absolute Gasteiger partial charge is 0.462 e. The lowest BCUT2D eigenvalue weighted by Gasteiger charge is -2.41. The van der Waals surface area contributed by atoms with Crippen LogP contribution in [0.1, 0.15) is 136 Å². The van der Waals surface area contributed by atoms with E-state index in [2.05, 4.69) is 68.5 Å². The molecule has 0 heterocycles. The molecule has 8 atom stereocenters. The summed E-state index contributed by atoms with van der Waals surface area (Å²) in [6.07, 6.45) is 33.2. The molecule has 0 aliphatic heterocycles. The number of aliphatic hydroxyl groups excluding tert-OH is 5. The number of rotatable bonds is 36. The number of phosphoric ester groups is 1. The van der Waals surface area contributed by atoms with Gasteiger partial charge in [-0.3, -0.25) is 23.4 Å². The predicted molar refractivity (Wildman–Crippen MR) is 249 cm³/mol. The van der Waals surface area contributed by atoms with Gasteiger partial charge < -0.3 is 39.9 Å². The van der Waals surface area contributed by atoms with Crippen molar-refractivity contribution in [1.29, 1.82) is 0 Å². The molecule has 0 spiro atoms. The highest BCUT2D eigenvalue weighted by molar-refractivity contribution is 7.47. The lowest BCUT2D eigenvalue weighted by molar-refractivity contribution is -0.220. The number of allylic oxidation sites excluding steroid dienone is 16. The van der Waals surface area contributed by atoms with E-state index in [-0.39, 0.29) is 31.5 Å². The molecule has 1 aliphatic carbocycles. The molecule has 3 unspecified atom stereocenters. The number of unbranched alkanes of at least 4 members (excludes halogenated alkanes) is 7. The van der Waals surface area contributed by atoms with E-state index in [0.717, 1.165) is 44.9 Å². The number of phosphoric acid groups is 1. The molecular formula is C49H77O14P. The Morgan fingerprint density at radius 2 is 0.984 bits per heavy atom. The SMILES string of the molecule is CCCCC/C=C\C/C=C\C/C=C\C=C\C(=O)CCCC(=O)O[C@H](COC(=O)CCC/C=C\C/C=C\C/C=C\C/C=C\CCCCC)COP(=O)(O)OC1[C@H](O)[C@H](O)C(O)[C@H](O)[C@H]1O. The minimum absolute atomic E-state index is 0.0352. The third kappa shape index (κ3) is 29.8. The number of carbonyl (C=O) groups is 3. The summed E-state index contributed by atoms with van der Waals surface area (Å²) in [6.45, 7) is 2.97. The van der Waals surface area contributed by atoms with E-state index < -0.39 is 75.7 Å². The molecule has 362 valence electrons. The van der Waals surface area contributed by atoms with E-state index >= 15 is 0 Å². The zero-order valence-electron chi connectivity index (χ0n) is 38.0. The van der Waals surface area contributed by atoms with Crippen molar-refractivity contribution in [2.75, 3.05) is 13.2 Å². The van der Waals surface area contributed by atoms with Gasteiger partial charge in [0.15, 0.2) is 11.9 Å². The highest BCUT2D eigenvalue weighted by Gasteiger charge is 2.51. The maximum atomic E-state index is 12.8. The molecule has 0 saturated heterocycles. The summed E-state index contributed by atoms with van der Waals surface area (Å²) in [5.41, 5.74) is 0. The van der Waals surface area contributed by atoms with E-state index in [1.54, 1.807) is 12.2 Å². The first kappa shape index (κ1) is 58.5. The van der Waals surface area contributed by atoms with Crippen LogP contribution in [-0.4, -0.2) is 104 Å². The van der Waals surface area contributed by atoms with Gasteiger partial charge >= 0.3 is 19.8 Å². The van der Waals surface area contributed by atoms with Gasteiger partial charge in [-0.25, -0.2) is 4.57 Å². The minimum Gasteiger partial charge on any atom is -0.462 e. The maximum Gasteiger partial charge on any atom is 0.472 e. The molecule has 14 nitrogen and oxygen atoms in total. The lowest BCUT2D eigenvalue weighted by Crippen LogP contribution is -2.64. The van der Waals surface area contributed by atoms with Crippen molar-refractivity contribution in [3.05, 3.63) is 97.2 Å². The summed E-state index contributed by atoms with van der Waals surface area (Å²) in [5, 5.41) is 50.1. The van der Waals surface area contributed by atoms with Crippen LogP contribution in [0.4, 0.5) is 0 Å². The second-order valence-electron chi connectivity index (χ2n) is 15.6. The molecule has 64 heavy (non-hydrogen) atoms. The van der Waals surface area contributed by atoms with Gasteiger partial charge in [0.05, 0.1) is 6.61 Å². The molecule has 0 aromatic carbocycles. The average molecular weight is 921 g/mol. The van der Waals surface area contributed by atoms with E-state index in [0.29, 0.717) is 12.8 Å². The minimum atomic E-state index is -5.20. The second-order valence-corrected chi connectivity index (χ2v) is 17.0. The molecule has 0 radical (unpaired) electrons. The Morgan fingerprint density at radius 3 is 1.50 bits per heavy atom. The van der Waals surface area contributed by atoms with Crippen LogP contribution < -0.4 is 0 Å². The number of hydrogen-bond acceptors (Lipinski definition) is 13.